The van der Waals surface area contributed by atoms with Gasteiger partial charge in [-0.3, -0.25) is 0 Å². The lowest BCUT2D eigenvalue weighted by Gasteiger charge is -2.16. The zero-order valence-electron chi connectivity index (χ0n) is 10.7. The van der Waals surface area contributed by atoms with Crippen molar-refractivity contribution in [3.8, 4) is 11.5 Å². The van der Waals surface area contributed by atoms with E-state index in [0.717, 1.165) is 16.8 Å². The van der Waals surface area contributed by atoms with E-state index < -0.39 is 0 Å². The summed E-state index contributed by atoms with van der Waals surface area (Å²) in [5, 5.41) is 13.5. The van der Waals surface area contributed by atoms with Gasteiger partial charge in [-0.2, -0.15) is 0 Å². The number of aromatic nitrogens is 1. The highest BCUT2D eigenvalue weighted by Crippen LogP contribution is 2.38. The van der Waals surface area contributed by atoms with E-state index in [1.807, 2.05) is 13.0 Å². The second-order valence-corrected chi connectivity index (χ2v) is 5.40. The van der Waals surface area contributed by atoms with Gasteiger partial charge in [0.15, 0.2) is 5.15 Å². The van der Waals surface area contributed by atoms with Gasteiger partial charge in [-0.1, -0.05) is 23.2 Å². The van der Waals surface area contributed by atoms with E-state index in [2.05, 4.69) is 10.3 Å². The molecule has 0 spiro atoms. The number of aromatic hydroxyl groups is 1. The molecule has 2 heterocycles. The summed E-state index contributed by atoms with van der Waals surface area (Å²) in [4.78, 5) is 4.03. The van der Waals surface area contributed by atoms with Gasteiger partial charge in [0.2, 0.25) is 0 Å². The minimum Gasteiger partial charge on any atom is -0.508 e. The molecule has 6 heteroatoms. The second-order valence-electron chi connectivity index (χ2n) is 4.66. The third-order valence-electron chi connectivity index (χ3n) is 3.24. The Hall–Kier alpha value is -1.65. The van der Waals surface area contributed by atoms with E-state index in [4.69, 9.17) is 27.9 Å². The molecule has 4 nitrogen and oxygen atoms in total. The van der Waals surface area contributed by atoms with Gasteiger partial charge in [-0.05, 0) is 30.7 Å². The summed E-state index contributed by atoms with van der Waals surface area (Å²) < 4.78 is 5.56. The molecule has 0 amide bonds. The van der Waals surface area contributed by atoms with Crippen LogP contribution in [0.15, 0.2) is 24.3 Å². The minimum atomic E-state index is -0.0372. The number of benzene rings is 1. The average Bonchev–Trinajstić information content (AvgIpc) is 2.76. The molecule has 0 bridgehead atoms. The second kappa shape index (κ2) is 5.04. The number of pyridine rings is 1. The summed E-state index contributed by atoms with van der Waals surface area (Å²) >= 11 is 12.0. The molecule has 1 atom stereocenters. The Balaban J connectivity index is 1.91. The summed E-state index contributed by atoms with van der Waals surface area (Å²) in [6.45, 7) is 2.38. The normalized spacial score (nSPS) is 16.6. The fourth-order valence-electron chi connectivity index (χ4n) is 2.26. The third kappa shape index (κ3) is 2.37. The molecule has 1 aliphatic heterocycles. The van der Waals surface area contributed by atoms with E-state index in [0.29, 0.717) is 22.7 Å². The Labute approximate surface area is 126 Å². The van der Waals surface area contributed by atoms with E-state index in [1.54, 1.807) is 18.2 Å². The molecule has 0 fully saturated rings. The van der Waals surface area contributed by atoms with Crippen LogP contribution in [0, 0.1) is 6.92 Å². The molecule has 2 aromatic rings. The summed E-state index contributed by atoms with van der Waals surface area (Å²) in [5.74, 6) is 0.866. The third-order valence-corrected chi connectivity index (χ3v) is 3.70. The van der Waals surface area contributed by atoms with E-state index in [1.165, 1.54) is 0 Å². The summed E-state index contributed by atoms with van der Waals surface area (Å²) in [6.07, 6.45) is 0. The Morgan fingerprint density at radius 2 is 2.15 bits per heavy atom. The minimum absolute atomic E-state index is 0.0372. The molecule has 2 N–H and O–H groups in total. The standard InChI is InChI=1S/C14H12Cl2N2O2/c1-7-4-12(15)18-14(16)13(7)17-10-6-20-11-5-8(19)2-3-9(10)11/h2-5,10,17,19H,6H2,1H3. The first-order valence-corrected chi connectivity index (χ1v) is 6.85. The van der Waals surface area contributed by atoms with Gasteiger partial charge in [0, 0.05) is 11.6 Å². The van der Waals surface area contributed by atoms with Crippen molar-refractivity contribution in [2.24, 2.45) is 0 Å². The van der Waals surface area contributed by atoms with Crippen LogP contribution >= 0.6 is 23.2 Å². The number of phenols is 1. The molecule has 1 aromatic carbocycles. The van der Waals surface area contributed by atoms with Crippen LogP contribution in [0.3, 0.4) is 0 Å². The maximum atomic E-state index is 9.44. The molecule has 1 aromatic heterocycles. The maximum Gasteiger partial charge on any atom is 0.154 e. The number of anilines is 1. The first-order chi connectivity index (χ1) is 9.54. The maximum absolute atomic E-state index is 9.44. The van der Waals surface area contributed by atoms with Crippen molar-refractivity contribution in [1.29, 1.82) is 0 Å². The first-order valence-electron chi connectivity index (χ1n) is 6.09. The van der Waals surface area contributed by atoms with Crippen LogP contribution in [0.25, 0.3) is 0 Å². The summed E-state index contributed by atoms with van der Waals surface area (Å²) in [5.41, 5.74) is 2.64. The summed E-state index contributed by atoms with van der Waals surface area (Å²) in [6, 6.07) is 6.79. The molecule has 1 unspecified atom stereocenters. The smallest absolute Gasteiger partial charge is 0.154 e. The SMILES string of the molecule is Cc1cc(Cl)nc(Cl)c1NC1COc2cc(O)ccc21. The number of aryl methyl sites for hydroxylation is 1. The average molecular weight is 311 g/mol. The highest BCUT2D eigenvalue weighted by molar-refractivity contribution is 6.34. The lowest BCUT2D eigenvalue weighted by Crippen LogP contribution is -2.13. The van der Waals surface area contributed by atoms with Crippen molar-refractivity contribution < 1.29 is 9.84 Å². The molecule has 104 valence electrons. The van der Waals surface area contributed by atoms with Gasteiger partial charge in [-0.15, -0.1) is 0 Å². The number of ether oxygens (including phenoxy) is 1. The summed E-state index contributed by atoms with van der Waals surface area (Å²) in [7, 11) is 0. The monoisotopic (exact) mass is 310 g/mol. The molecule has 0 saturated carbocycles. The number of phenolic OH excluding ortho intramolecular Hbond substituents is 1. The van der Waals surface area contributed by atoms with E-state index in [9.17, 15) is 5.11 Å². The largest absolute Gasteiger partial charge is 0.508 e. The predicted octanol–water partition coefficient (Wildman–Crippen LogP) is 3.95. The zero-order valence-corrected chi connectivity index (χ0v) is 12.2. The van der Waals surface area contributed by atoms with Crippen LogP contribution in [0.2, 0.25) is 10.3 Å². The molecule has 0 saturated heterocycles. The van der Waals surface area contributed by atoms with Crippen molar-refractivity contribution in [3.05, 3.63) is 45.7 Å². The molecule has 3 rings (SSSR count). The molecule has 0 aliphatic carbocycles. The highest BCUT2D eigenvalue weighted by atomic mass is 35.5. The van der Waals surface area contributed by atoms with Crippen molar-refractivity contribution >= 4 is 28.9 Å². The lowest BCUT2D eigenvalue weighted by atomic mass is 10.1. The molecule has 1 aliphatic rings. The fraction of sp³-hybridized carbons (Fsp3) is 0.214. The van der Waals surface area contributed by atoms with Crippen molar-refractivity contribution in [2.45, 2.75) is 13.0 Å². The van der Waals surface area contributed by atoms with Crippen molar-refractivity contribution in [1.82, 2.24) is 4.98 Å². The van der Waals surface area contributed by atoms with Crippen LogP contribution in [0.4, 0.5) is 5.69 Å². The number of nitrogens with zero attached hydrogens (tertiary/aromatic N) is 1. The van der Waals surface area contributed by atoms with Gasteiger partial charge in [-0.25, -0.2) is 4.98 Å². The van der Waals surface area contributed by atoms with Crippen LogP contribution in [-0.4, -0.2) is 16.7 Å². The molecular formula is C14H12Cl2N2O2. The van der Waals surface area contributed by atoms with Crippen LogP contribution < -0.4 is 10.1 Å². The predicted molar refractivity (Wildman–Crippen MR) is 79.0 cm³/mol. The zero-order chi connectivity index (χ0) is 14.3. The number of hydrogen-bond acceptors (Lipinski definition) is 4. The van der Waals surface area contributed by atoms with Crippen molar-refractivity contribution in [2.75, 3.05) is 11.9 Å². The number of rotatable bonds is 2. The fourth-order valence-corrected chi connectivity index (χ4v) is 2.85. The number of fused-ring (bicyclic) bond motifs is 1. The van der Waals surface area contributed by atoms with Crippen molar-refractivity contribution in [3.63, 3.8) is 0 Å². The van der Waals surface area contributed by atoms with Gasteiger partial charge >= 0.3 is 0 Å². The number of hydrogen-bond donors (Lipinski definition) is 2. The van der Waals surface area contributed by atoms with Crippen LogP contribution in [-0.2, 0) is 0 Å². The Kier molecular flexibility index (Phi) is 3.36. The molecule has 20 heavy (non-hydrogen) atoms. The Morgan fingerprint density at radius 1 is 1.35 bits per heavy atom. The van der Waals surface area contributed by atoms with E-state index >= 15 is 0 Å². The quantitative estimate of drug-likeness (QED) is 0.825. The molecule has 0 radical (unpaired) electrons. The Bertz CT molecular complexity index is 653. The van der Waals surface area contributed by atoms with Gasteiger partial charge in [0.05, 0.1) is 11.7 Å². The van der Waals surface area contributed by atoms with Gasteiger partial charge in [0.1, 0.15) is 23.3 Å². The van der Waals surface area contributed by atoms with Gasteiger partial charge < -0.3 is 15.2 Å². The first kappa shape index (κ1) is 13.3. The molecular weight excluding hydrogens is 299 g/mol. The van der Waals surface area contributed by atoms with Crippen LogP contribution in [0.5, 0.6) is 11.5 Å². The highest BCUT2D eigenvalue weighted by Gasteiger charge is 2.25. The number of nitrogens with one attached hydrogen (secondary N) is 1. The lowest BCUT2D eigenvalue weighted by molar-refractivity contribution is 0.338. The number of halogens is 2. The van der Waals surface area contributed by atoms with Gasteiger partial charge in [0.25, 0.3) is 0 Å². The topological polar surface area (TPSA) is 54.4 Å². The van der Waals surface area contributed by atoms with E-state index in [-0.39, 0.29) is 11.8 Å². The van der Waals surface area contributed by atoms with Crippen LogP contribution in [0.1, 0.15) is 17.2 Å². The Morgan fingerprint density at radius 3 is 2.90 bits per heavy atom.